The zero-order chi connectivity index (χ0) is 13.7. The Hall–Kier alpha value is -1.95. The maximum atomic E-state index is 11.4. The highest BCUT2D eigenvalue weighted by molar-refractivity contribution is 9.10. The van der Waals surface area contributed by atoms with Crippen molar-refractivity contribution in [2.75, 3.05) is 12.4 Å². The highest BCUT2D eigenvalue weighted by Gasteiger charge is 2.02. The van der Waals surface area contributed by atoms with Gasteiger partial charge in [-0.3, -0.25) is 4.79 Å². The first-order valence-corrected chi connectivity index (χ1v) is 6.51. The van der Waals surface area contributed by atoms with Crippen molar-refractivity contribution in [3.05, 3.63) is 52.3 Å². The molecule has 5 nitrogen and oxygen atoms in total. The second kappa shape index (κ2) is 6.29. The molecule has 0 spiro atoms. The molecule has 0 radical (unpaired) electrons. The summed E-state index contributed by atoms with van der Waals surface area (Å²) in [6.07, 6.45) is 3.37. The van der Waals surface area contributed by atoms with Crippen molar-refractivity contribution in [1.29, 1.82) is 0 Å². The molecule has 98 valence electrons. The van der Waals surface area contributed by atoms with E-state index in [0.29, 0.717) is 18.1 Å². The van der Waals surface area contributed by atoms with Crippen LogP contribution in [0.1, 0.15) is 15.9 Å². The maximum absolute atomic E-state index is 11.4. The number of halogens is 1. The first kappa shape index (κ1) is 13.5. The highest BCUT2D eigenvalue weighted by Crippen LogP contribution is 2.09. The molecule has 6 heteroatoms. The van der Waals surface area contributed by atoms with Gasteiger partial charge in [-0.25, -0.2) is 9.97 Å². The number of hydrogen-bond acceptors (Lipinski definition) is 4. The third-order valence-corrected chi connectivity index (χ3v) is 2.92. The maximum Gasteiger partial charge on any atom is 0.251 e. The summed E-state index contributed by atoms with van der Waals surface area (Å²) in [4.78, 5) is 19.6. The van der Waals surface area contributed by atoms with Crippen LogP contribution in [0, 0.1) is 0 Å². The number of rotatable bonds is 4. The summed E-state index contributed by atoms with van der Waals surface area (Å²) >= 11 is 3.28. The van der Waals surface area contributed by atoms with E-state index in [9.17, 15) is 4.79 Å². The molecule has 2 N–H and O–H groups in total. The number of benzene rings is 1. The molecule has 1 aromatic heterocycles. The summed E-state index contributed by atoms with van der Waals surface area (Å²) in [6, 6.07) is 7.38. The Labute approximate surface area is 119 Å². The number of carbonyl (C=O) groups excluding carboxylic acids is 1. The first-order valence-electron chi connectivity index (χ1n) is 5.71. The lowest BCUT2D eigenvalue weighted by atomic mass is 10.1. The Morgan fingerprint density at radius 2 is 1.84 bits per heavy atom. The zero-order valence-electron chi connectivity index (χ0n) is 10.4. The van der Waals surface area contributed by atoms with E-state index in [1.165, 1.54) is 0 Å². The molecule has 2 aromatic rings. The average molecular weight is 321 g/mol. The molecular weight excluding hydrogens is 308 g/mol. The second-order valence-electron chi connectivity index (χ2n) is 3.85. The van der Waals surface area contributed by atoms with Gasteiger partial charge in [-0.1, -0.05) is 12.1 Å². The van der Waals surface area contributed by atoms with Crippen molar-refractivity contribution >= 4 is 27.8 Å². The van der Waals surface area contributed by atoms with Gasteiger partial charge in [0, 0.05) is 31.5 Å². The standard InChI is InChI=1S/C13H13BrN4O/c1-15-12(19)10-4-2-9(3-5-10)6-16-13-17-7-11(14)8-18-13/h2-5,7-8H,6H2,1H3,(H,15,19)(H,16,17,18). The van der Waals surface area contributed by atoms with E-state index in [2.05, 4.69) is 36.5 Å². The quantitative estimate of drug-likeness (QED) is 0.906. The molecule has 2 rings (SSSR count). The average Bonchev–Trinajstić information content (AvgIpc) is 2.46. The second-order valence-corrected chi connectivity index (χ2v) is 4.77. The topological polar surface area (TPSA) is 66.9 Å². The normalized spacial score (nSPS) is 10.0. The summed E-state index contributed by atoms with van der Waals surface area (Å²) in [5.74, 6) is 0.481. The van der Waals surface area contributed by atoms with Crippen LogP contribution in [-0.2, 0) is 6.54 Å². The van der Waals surface area contributed by atoms with Crippen LogP contribution in [0.2, 0.25) is 0 Å². The molecule has 1 heterocycles. The minimum absolute atomic E-state index is 0.0873. The molecule has 0 saturated carbocycles. The third-order valence-electron chi connectivity index (χ3n) is 2.51. The van der Waals surface area contributed by atoms with Crippen LogP contribution < -0.4 is 10.6 Å². The first-order chi connectivity index (χ1) is 9.19. The van der Waals surface area contributed by atoms with Crippen molar-refractivity contribution in [3.8, 4) is 0 Å². The van der Waals surface area contributed by atoms with Crippen LogP contribution in [0.25, 0.3) is 0 Å². The number of anilines is 1. The van der Waals surface area contributed by atoms with Gasteiger partial charge in [0.1, 0.15) is 0 Å². The van der Waals surface area contributed by atoms with Crippen LogP contribution in [-0.4, -0.2) is 22.9 Å². The van der Waals surface area contributed by atoms with Gasteiger partial charge in [0.2, 0.25) is 5.95 Å². The predicted molar refractivity (Wildman–Crippen MR) is 76.9 cm³/mol. The number of aromatic nitrogens is 2. The van der Waals surface area contributed by atoms with Crippen LogP contribution >= 0.6 is 15.9 Å². The molecule has 1 amide bonds. The molecule has 0 unspecified atom stereocenters. The smallest absolute Gasteiger partial charge is 0.251 e. The lowest BCUT2D eigenvalue weighted by Crippen LogP contribution is -2.17. The Balaban J connectivity index is 1.96. The molecule has 1 aromatic carbocycles. The monoisotopic (exact) mass is 320 g/mol. The third kappa shape index (κ3) is 3.75. The summed E-state index contributed by atoms with van der Waals surface area (Å²) in [7, 11) is 1.61. The molecule has 0 fully saturated rings. The van der Waals surface area contributed by atoms with Crippen molar-refractivity contribution in [3.63, 3.8) is 0 Å². The van der Waals surface area contributed by atoms with Gasteiger partial charge in [0.15, 0.2) is 0 Å². The Morgan fingerprint density at radius 1 is 1.21 bits per heavy atom. The van der Waals surface area contributed by atoms with Crippen molar-refractivity contribution in [1.82, 2.24) is 15.3 Å². The lowest BCUT2D eigenvalue weighted by molar-refractivity contribution is 0.0963. The van der Waals surface area contributed by atoms with E-state index >= 15 is 0 Å². The predicted octanol–water partition coefficient (Wildman–Crippen LogP) is 2.21. The Morgan fingerprint density at radius 3 is 2.42 bits per heavy atom. The summed E-state index contributed by atoms with van der Waals surface area (Å²) < 4.78 is 0.841. The highest BCUT2D eigenvalue weighted by atomic mass is 79.9. The molecule has 0 bridgehead atoms. The fourth-order valence-corrected chi connectivity index (χ4v) is 1.71. The summed E-state index contributed by atoms with van der Waals surface area (Å²) in [5.41, 5.74) is 1.70. The molecule has 0 aliphatic heterocycles. The molecule has 0 aliphatic carbocycles. The zero-order valence-corrected chi connectivity index (χ0v) is 11.9. The van der Waals surface area contributed by atoms with Gasteiger partial charge >= 0.3 is 0 Å². The largest absolute Gasteiger partial charge is 0.355 e. The SMILES string of the molecule is CNC(=O)c1ccc(CNc2ncc(Br)cn2)cc1. The van der Waals surface area contributed by atoms with Gasteiger partial charge in [-0.15, -0.1) is 0 Å². The van der Waals surface area contributed by atoms with Gasteiger partial charge < -0.3 is 10.6 Å². The summed E-state index contributed by atoms with van der Waals surface area (Å²) in [6.45, 7) is 0.607. The molecule has 0 saturated heterocycles. The van der Waals surface area contributed by atoms with Crippen molar-refractivity contribution < 1.29 is 4.79 Å². The van der Waals surface area contributed by atoms with Crippen molar-refractivity contribution in [2.45, 2.75) is 6.54 Å². The number of hydrogen-bond donors (Lipinski definition) is 2. The number of amides is 1. The van der Waals surface area contributed by atoms with E-state index in [0.717, 1.165) is 10.0 Å². The Kier molecular flexibility index (Phi) is 4.46. The van der Waals surface area contributed by atoms with E-state index < -0.39 is 0 Å². The molecule has 0 aliphatic rings. The number of carbonyl (C=O) groups is 1. The minimum Gasteiger partial charge on any atom is -0.355 e. The molecule has 19 heavy (non-hydrogen) atoms. The fourth-order valence-electron chi connectivity index (χ4n) is 1.50. The van der Waals surface area contributed by atoms with Crippen LogP contribution in [0.15, 0.2) is 41.1 Å². The van der Waals surface area contributed by atoms with E-state index in [1.54, 1.807) is 31.6 Å². The van der Waals surface area contributed by atoms with Crippen LogP contribution in [0.4, 0.5) is 5.95 Å². The van der Waals surface area contributed by atoms with Crippen LogP contribution in [0.5, 0.6) is 0 Å². The minimum atomic E-state index is -0.0873. The number of nitrogens with zero attached hydrogens (tertiary/aromatic N) is 2. The van der Waals surface area contributed by atoms with E-state index in [1.807, 2.05) is 12.1 Å². The molecular formula is C13H13BrN4O. The van der Waals surface area contributed by atoms with Crippen molar-refractivity contribution in [2.24, 2.45) is 0 Å². The molecule has 0 atom stereocenters. The van der Waals surface area contributed by atoms with E-state index in [4.69, 9.17) is 0 Å². The van der Waals surface area contributed by atoms with Crippen LogP contribution in [0.3, 0.4) is 0 Å². The van der Waals surface area contributed by atoms with E-state index in [-0.39, 0.29) is 5.91 Å². The van der Waals surface area contributed by atoms with Gasteiger partial charge in [0.25, 0.3) is 5.91 Å². The summed E-state index contributed by atoms with van der Waals surface area (Å²) in [5, 5.41) is 5.69. The fraction of sp³-hybridized carbons (Fsp3) is 0.154. The lowest BCUT2D eigenvalue weighted by Gasteiger charge is -2.05. The Bertz CT molecular complexity index is 554. The van der Waals surface area contributed by atoms with Gasteiger partial charge in [-0.2, -0.15) is 0 Å². The number of nitrogens with one attached hydrogen (secondary N) is 2. The van der Waals surface area contributed by atoms with Gasteiger partial charge in [0.05, 0.1) is 4.47 Å². The van der Waals surface area contributed by atoms with Gasteiger partial charge in [-0.05, 0) is 33.6 Å².